The highest BCUT2D eigenvalue weighted by Crippen LogP contribution is 1.99. The van der Waals surface area contributed by atoms with Gasteiger partial charge in [0, 0.05) is 0 Å². The Bertz CT molecular complexity index is 149. The smallest absolute Gasteiger partial charge is 0.182 e. The van der Waals surface area contributed by atoms with E-state index in [9.17, 15) is 4.79 Å². The summed E-state index contributed by atoms with van der Waals surface area (Å²) in [7, 11) is 0.951. The molecule has 1 aliphatic rings. The van der Waals surface area contributed by atoms with Crippen LogP contribution < -0.4 is 0 Å². The predicted octanol–water partition coefficient (Wildman–Crippen LogP) is 0.805. The Kier molecular flexibility index (Phi) is 1.95. The van der Waals surface area contributed by atoms with Gasteiger partial charge in [-0.05, 0) is 11.9 Å². The van der Waals surface area contributed by atoms with Crippen molar-refractivity contribution in [1.29, 1.82) is 0 Å². The zero-order valence-corrected chi connectivity index (χ0v) is 5.10. The molecule has 8 heavy (non-hydrogen) atoms. The SMILES string of the molecule is O=C1C=CP=COC1. The van der Waals surface area contributed by atoms with Crippen molar-refractivity contribution in [2.24, 2.45) is 0 Å². The molecule has 0 aliphatic carbocycles. The fourth-order valence-electron chi connectivity index (χ4n) is 0.372. The number of ketones is 1. The lowest BCUT2D eigenvalue weighted by molar-refractivity contribution is -0.116. The van der Waals surface area contributed by atoms with Crippen LogP contribution in [0.4, 0.5) is 0 Å². The van der Waals surface area contributed by atoms with Crippen LogP contribution in [0.2, 0.25) is 0 Å². The van der Waals surface area contributed by atoms with Crippen molar-refractivity contribution in [3.05, 3.63) is 11.9 Å². The zero-order valence-electron chi connectivity index (χ0n) is 4.20. The molecule has 0 N–H and O–H groups in total. The van der Waals surface area contributed by atoms with Gasteiger partial charge in [0.1, 0.15) is 6.61 Å². The molecule has 0 radical (unpaired) electrons. The van der Waals surface area contributed by atoms with Gasteiger partial charge in [0.25, 0.3) is 0 Å². The third-order valence-electron chi connectivity index (χ3n) is 0.707. The molecular formula is C5H5O2P. The van der Waals surface area contributed by atoms with Crippen LogP contribution in [-0.2, 0) is 9.53 Å². The first-order chi connectivity index (χ1) is 3.89. The molecule has 1 aliphatic heterocycles. The first-order valence-corrected chi connectivity index (χ1v) is 3.25. The summed E-state index contributed by atoms with van der Waals surface area (Å²) in [5.74, 6) is 3.39. The monoisotopic (exact) mass is 128 g/mol. The molecule has 0 spiro atoms. The van der Waals surface area contributed by atoms with E-state index in [1.165, 1.54) is 6.08 Å². The Morgan fingerprint density at radius 3 is 3.50 bits per heavy atom. The van der Waals surface area contributed by atoms with Gasteiger partial charge in [0.15, 0.2) is 5.78 Å². The fraction of sp³-hybridized carbons (Fsp3) is 0.200. The molecule has 0 aromatic carbocycles. The van der Waals surface area contributed by atoms with Gasteiger partial charge in [-0.1, -0.05) is 8.20 Å². The molecule has 0 atom stereocenters. The van der Waals surface area contributed by atoms with Crippen molar-refractivity contribution in [3.8, 4) is 0 Å². The minimum absolute atomic E-state index is 0.0336. The van der Waals surface area contributed by atoms with Crippen LogP contribution in [0.15, 0.2) is 11.9 Å². The van der Waals surface area contributed by atoms with E-state index < -0.39 is 0 Å². The average molecular weight is 128 g/mol. The van der Waals surface area contributed by atoms with Gasteiger partial charge in [-0.25, -0.2) is 0 Å². The molecule has 2 nitrogen and oxygen atoms in total. The van der Waals surface area contributed by atoms with Gasteiger partial charge in [-0.15, -0.1) is 0 Å². The number of ether oxygens (including phenoxy) is 1. The van der Waals surface area contributed by atoms with Crippen molar-refractivity contribution >= 4 is 20.0 Å². The normalized spacial score (nSPS) is 20.8. The first kappa shape index (κ1) is 5.67. The van der Waals surface area contributed by atoms with Gasteiger partial charge < -0.3 is 4.74 Å². The molecular weight excluding hydrogens is 123 g/mol. The molecule has 0 unspecified atom stereocenters. The van der Waals surface area contributed by atoms with Gasteiger partial charge in [0.05, 0.1) is 5.98 Å². The van der Waals surface area contributed by atoms with Crippen molar-refractivity contribution in [2.45, 2.75) is 0 Å². The Labute approximate surface area is 49.0 Å². The summed E-state index contributed by atoms with van der Waals surface area (Å²) in [5.41, 5.74) is 0. The van der Waals surface area contributed by atoms with Crippen molar-refractivity contribution in [3.63, 3.8) is 0 Å². The summed E-state index contributed by atoms with van der Waals surface area (Å²) in [6.45, 7) is 0.198. The third kappa shape index (κ3) is 1.57. The molecule has 1 rings (SSSR count). The Morgan fingerprint density at radius 2 is 2.62 bits per heavy atom. The first-order valence-electron chi connectivity index (χ1n) is 2.22. The summed E-state index contributed by atoms with van der Waals surface area (Å²) in [5, 5.41) is 0. The zero-order chi connectivity index (χ0) is 5.82. The largest absolute Gasteiger partial charge is 0.341 e. The molecule has 1 heterocycles. The summed E-state index contributed by atoms with van der Waals surface area (Å²) in [4.78, 5) is 10.4. The summed E-state index contributed by atoms with van der Waals surface area (Å²) in [6, 6.07) is 0. The van der Waals surface area contributed by atoms with Crippen LogP contribution in [0.5, 0.6) is 0 Å². The van der Waals surface area contributed by atoms with E-state index in [1.807, 2.05) is 0 Å². The standard InChI is InChI=1S/C5H5O2P/c6-5-1-2-8-4-7-3-5/h1-2,4H,3H2. The number of rotatable bonds is 0. The van der Waals surface area contributed by atoms with E-state index in [-0.39, 0.29) is 12.4 Å². The third-order valence-corrected chi connectivity index (χ3v) is 1.30. The van der Waals surface area contributed by atoms with Crippen molar-refractivity contribution in [2.75, 3.05) is 6.61 Å². The lowest BCUT2D eigenvalue weighted by atomic mass is 10.4. The van der Waals surface area contributed by atoms with Crippen LogP contribution in [0, 0.1) is 0 Å². The summed E-state index contributed by atoms with van der Waals surface area (Å²) >= 11 is 0. The average Bonchev–Trinajstić information content (AvgIpc) is 1.94. The molecule has 0 aromatic heterocycles. The van der Waals surface area contributed by atoms with Crippen molar-refractivity contribution in [1.82, 2.24) is 0 Å². The number of carbonyl (C=O) groups excluding carboxylic acids is 1. The van der Waals surface area contributed by atoms with Crippen LogP contribution in [-0.4, -0.2) is 18.4 Å². The molecule has 0 saturated heterocycles. The van der Waals surface area contributed by atoms with E-state index in [0.717, 1.165) is 8.20 Å². The maximum Gasteiger partial charge on any atom is 0.182 e. The number of carbonyl (C=O) groups is 1. The topological polar surface area (TPSA) is 26.3 Å². The van der Waals surface area contributed by atoms with Crippen LogP contribution in [0.3, 0.4) is 0 Å². The summed E-state index contributed by atoms with van der Waals surface area (Å²) in [6.07, 6.45) is 1.53. The number of hydrogen-bond acceptors (Lipinski definition) is 2. The highest BCUT2D eigenvalue weighted by molar-refractivity contribution is 7.41. The van der Waals surface area contributed by atoms with Crippen LogP contribution >= 0.6 is 8.20 Å². The minimum Gasteiger partial charge on any atom is -0.341 e. The molecule has 0 saturated carbocycles. The Balaban J connectivity index is 2.58. The van der Waals surface area contributed by atoms with Crippen LogP contribution in [0.1, 0.15) is 0 Å². The van der Waals surface area contributed by atoms with E-state index in [2.05, 4.69) is 0 Å². The molecule has 0 amide bonds. The van der Waals surface area contributed by atoms with Gasteiger partial charge in [-0.3, -0.25) is 4.79 Å². The lowest BCUT2D eigenvalue weighted by Crippen LogP contribution is -2.01. The van der Waals surface area contributed by atoms with Crippen molar-refractivity contribution < 1.29 is 9.53 Å². The molecule has 0 fully saturated rings. The highest BCUT2D eigenvalue weighted by Gasteiger charge is 1.94. The van der Waals surface area contributed by atoms with Crippen LogP contribution in [0.25, 0.3) is 0 Å². The quantitative estimate of drug-likeness (QED) is 0.451. The molecule has 0 aromatic rings. The van der Waals surface area contributed by atoms with E-state index >= 15 is 0 Å². The van der Waals surface area contributed by atoms with E-state index in [4.69, 9.17) is 4.74 Å². The second-order valence-electron chi connectivity index (χ2n) is 1.35. The molecule has 0 bridgehead atoms. The fourth-order valence-corrected chi connectivity index (χ4v) is 0.855. The van der Waals surface area contributed by atoms with Gasteiger partial charge in [-0.2, -0.15) is 0 Å². The molecule has 42 valence electrons. The summed E-state index contributed by atoms with van der Waals surface area (Å²) < 4.78 is 4.76. The maximum absolute atomic E-state index is 10.4. The Hall–Kier alpha value is -0.460. The second-order valence-corrected chi connectivity index (χ2v) is 2.15. The van der Waals surface area contributed by atoms with Gasteiger partial charge >= 0.3 is 0 Å². The Morgan fingerprint density at radius 1 is 1.75 bits per heavy atom. The van der Waals surface area contributed by atoms with Gasteiger partial charge in [0.2, 0.25) is 0 Å². The second kappa shape index (κ2) is 2.75. The number of hydrogen-bond donors (Lipinski definition) is 0. The predicted molar refractivity (Wildman–Crippen MR) is 33.1 cm³/mol. The molecule has 3 heteroatoms. The lowest BCUT2D eigenvalue weighted by Gasteiger charge is -1.85. The van der Waals surface area contributed by atoms with E-state index in [0.29, 0.717) is 0 Å². The minimum atomic E-state index is 0.0336. The van der Waals surface area contributed by atoms with E-state index in [1.54, 1.807) is 11.8 Å². The highest BCUT2D eigenvalue weighted by atomic mass is 31.1. The maximum atomic E-state index is 10.4.